The zero-order chi connectivity index (χ0) is 13.2. The highest BCUT2D eigenvalue weighted by atomic mass is 32.2. The summed E-state index contributed by atoms with van der Waals surface area (Å²) in [6, 6.07) is 4.55. The van der Waals surface area contributed by atoms with Crippen LogP contribution in [0.1, 0.15) is 13.8 Å². The van der Waals surface area contributed by atoms with Crippen LogP contribution in [-0.4, -0.2) is 24.7 Å². The number of carboxylic acid groups (broad SMARTS) is 1. The van der Waals surface area contributed by atoms with E-state index in [1.165, 1.54) is 26.0 Å². The summed E-state index contributed by atoms with van der Waals surface area (Å²) >= 11 is 0. The summed E-state index contributed by atoms with van der Waals surface area (Å²) < 4.78 is 36.9. The van der Waals surface area contributed by atoms with Gasteiger partial charge < -0.3 is 5.11 Å². The predicted octanol–water partition coefficient (Wildman–Crippen LogP) is 1.71. The Morgan fingerprint density at radius 1 is 1.35 bits per heavy atom. The van der Waals surface area contributed by atoms with Crippen molar-refractivity contribution in [3.05, 3.63) is 30.1 Å². The van der Waals surface area contributed by atoms with Crippen LogP contribution in [0.25, 0.3) is 0 Å². The lowest BCUT2D eigenvalue weighted by Gasteiger charge is -2.16. The van der Waals surface area contributed by atoms with Crippen LogP contribution in [0.5, 0.6) is 0 Å². The SMILES string of the molecule is CC(C(=O)O)C(C)S(=O)(=O)c1cccc(F)c1. The Bertz CT molecular complexity index is 524. The molecule has 0 amide bonds. The van der Waals surface area contributed by atoms with E-state index in [1.807, 2.05) is 0 Å². The van der Waals surface area contributed by atoms with Crippen molar-refractivity contribution < 1.29 is 22.7 Å². The van der Waals surface area contributed by atoms with Crippen molar-refractivity contribution in [3.63, 3.8) is 0 Å². The van der Waals surface area contributed by atoms with Crippen molar-refractivity contribution in [2.45, 2.75) is 24.0 Å². The number of hydrogen-bond donors (Lipinski definition) is 1. The van der Waals surface area contributed by atoms with Gasteiger partial charge >= 0.3 is 5.97 Å². The number of sulfone groups is 1. The molecule has 0 saturated heterocycles. The first-order valence-electron chi connectivity index (χ1n) is 4.99. The van der Waals surface area contributed by atoms with Gasteiger partial charge in [0.05, 0.1) is 16.1 Å². The van der Waals surface area contributed by atoms with Gasteiger partial charge in [0.25, 0.3) is 0 Å². The first kappa shape index (κ1) is 13.6. The van der Waals surface area contributed by atoms with Gasteiger partial charge in [-0.2, -0.15) is 0 Å². The van der Waals surface area contributed by atoms with Crippen LogP contribution in [0, 0.1) is 11.7 Å². The average Bonchev–Trinajstić information content (AvgIpc) is 2.26. The molecule has 1 aromatic carbocycles. The topological polar surface area (TPSA) is 71.4 Å². The van der Waals surface area contributed by atoms with E-state index >= 15 is 0 Å². The molecule has 0 fully saturated rings. The Balaban J connectivity index is 3.16. The molecule has 2 unspecified atom stereocenters. The summed E-state index contributed by atoms with van der Waals surface area (Å²) in [6.07, 6.45) is 0. The van der Waals surface area contributed by atoms with Gasteiger partial charge in [0.15, 0.2) is 9.84 Å². The second-order valence-electron chi connectivity index (χ2n) is 3.83. The average molecular weight is 260 g/mol. The quantitative estimate of drug-likeness (QED) is 0.894. The number of carbonyl (C=O) groups is 1. The zero-order valence-corrected chi connectivity index (χ0v) is 10.2. The van der Waals surface area contributed by atoms with Crippen LogP contribution in [0.4, 0.5) is 4.39 Å². The number of rotatable bonds is 4. The van der Waals surface area contributed by atoms with Gasteiger partial charge in [-0.3, -0.25) is 4.79 Å². The van der Waals surface area contributed by atoms with Crippen LogP contribution >= 0.6 is 0 Å². The van der Waals surface area contributed by atoms with Crippen molar-refractivity contribution in [1.29, 1.82) is 0 Å². The van der Waals surface area contributed by atoms with E-state index in [9.17, 15) is 17.6 Å². The molecule has 0 aromatic heterocycles. The van der Waals surface area contributed by atoms with Gasteiger partial charge in [-0.15, -0.1) is 0 Å². The maximum Gasteiger partial charge on any atom is 0.307 e. The molecule has 0 aliphatic carbocycles. The van der Waals surface area contributed by atoms with Crippen LogP contribution in [-0.2, 0) is 14.6 Å². The summed E-state index contributed by atoms with van der Waals surface area (Å²) in [5, 5.41) is 7.67. The molecule has 0 radical (unpaired) electrons. The third kappa shape index (κ3) is 2.82. The first-order chi connectivity index (χ1) is 7.76. The van der Waals surface area contributed by atoms with Crippen molar-refractivity contribution in [1.82, 2.24) is 0 Å². The molecular weight excluding hydrogens is 247 g/mol. The number of benzene rings is 1. The van der Waals surface area contributed by atoms with Gasteiger partial charge in [-0.05, 0) is 25.1 Å². The molecule has 0 aliphatic heterocycles. The van der Waals surface area contributed by atoms with E-state index in [0.29, 0.717) is 0 Å². The molecular formula is C11H13FO4S. The molecule has 6 heteroatoms. The van der Waals surface area contributed by atoms with Crippen molar-refractivity contribution >= 4 is 15.8 Å². The second-order valence-corrected chi connectivity index (χ2v) is 6.14. The Morgan fingerprint density at radius 3 is 2.41 bits per heavy atom. The number of aliphatic carboxylic acids is 1. The normalized spacial score (nSPS) is 15.2. The third-order valence-electron chi connectivity index (χ3n) is 2.71. The maximum absolute atomic E-state index is 12.9. The summed E-state index contributed by atoms with van der Waals surface area (Å²) in [5.74, 6) is -2.91. The van der Waals surface area contributed by atoms with Gasteiger partial charge in [0, 0.05) is 0 Å². The van der Waals surface area contributed by atoms with E-state index in [2.05, 4.69) is 0 Å². The fraction of sp³-hybridized carbons (Fsp3) is 0.364. The van der Waals surface area contributed by atoms with Crippen LogP contribution in [0.3, 0.4) is 0 Å². The Kier molecular flexibility index (Phi) is 3.87. The highest BCUT2D eigenvalue weighted by Crippen LogP contribution is 2.22. The smallest absolute Gasteiger partial charge is 0.307 e. The summed E-state index contributed by atoms with van der Waals surface area (Å²) in [5.41, 5.74) is 0. The lowest BCUT2D eigenvalue weighted by molar-refractivity contribution is -0.141. The van der Waals surface area contributed by atoms with Gasteiger partial charge in [0.2, 0.25) is 0 Å². The van der Waals surface area contributed by atoms with Gasteiger partial charge in [-0.25, -0.2) is 12.8 Å². The molecule has 2 atom stereocenters. The van der Waals surface area contributed by atoms with Gasteiger partial charge in [0.1, 0.15) is 5.82 Å². The lowest BCUT2D eigenvalue weighted by atomic mass is 10.1. The van der Waals surface area contributed by atoms with Crippen molar-refractivity contribution in [2.75, 3.05) is 0 Å². The van der Waals surface area contributed by atoms with Crippen LogP contribution in [0.2, 0.25) is 0 Å². The number of halogens is 1. The van der Waals surface area contributed by atoms with Crippen LogP contribution in [0.15, 0.2) is 29.2 Å². The molecule has 17 heavy (non-hydrogen) atoms. The third-order valence-corrected chi connectivity index (χ3v) is 5.01. The van der Waals surface area contributed by atoms with Crippen molar-refractivity contribution in [2.24, 2.45) is 5.92 Å². The summed E-state index contributed by atoms with van der Waals surface area (Å²) in [7, 11) is -3.83. The largest absolute Gasteiger partial charge is 0.481 e. The van der Waals surface area contributed by atoms with E-state index in [-0.39, 0.29) is 4.90 Å². The lowest BCUT2D eigenvalue weighted by Crippen LogP contribution is -2.30. The van der Waals surface area contributed by atoms with Gasteiger partial charge in [-0.1, -0.05) is 13.0 Å². The number of hydrogen-bond acceptors (Lipinski definition) is 3. The maximum atomic E-state index is 12.9. The molecule has 1 N–H and O–H groups in total. The first-order valence-corrected chi connectivity index (χ1v) is 6.53. The standard InChI is InChI=1S/C11H13FO4S/c1-7(11(13)14)8(2)17(15,16)10-5-3-4-9(12)6-10/h3-8H,1-2H3,(H,13,14). The summed E-state index contributed by atoms with van der Waals surface area (Å²) in [6.45, 7) is 2.61. The minimum atomic E-state index is -3.83. The minimum Gasteiger partial charge on any atom is -0.481 e. The van der Waals surface area contributed by atoms with E-state index in [0.717, 1.165) is 12.1 Å². The molecule has 4 nitrogen and oxygen atoms in total. The molecule has 1 aromatic rings. The molecule has 0 aliphatic rings. The Morgan fingerprint density at radius 2 is 1.94 bits per heavy atom. The fourth-order valence-electron chi connectivity index (χ4n) is 1.33. The molecule has 94 valence electrons. The molecule has 0 spiro atoms. The Hall–Kier alpha value is -1.43. The van der Waals surface area contributed by atoms with Crippen LogP contribution < -0.4 is 0 Å². The minimum absolute atomic E-state index is 0.196. The molecule has 0 saturated carbocycles. The van der Waals surface area contributed by atoms with E-state index < -0.39 is 32.8 Å². The molecule has 0 bridgehead atoms. The monoisotopic (exact) mass is 260 g/mol. The molecule has 0 heterocycles. The zero-order valence-electron chi connectivity index (χ0n) is 9.42. The highest BCUT2D eigenvalue weighted by Gasteiger charge is 2.32. The predicted molar refractivity (Wildman–Crippen MR) is 59.8 cm³/mol. The summed E-state index contributed by atoms with van der Waals surface area (Å²) in [4.78, 5) is 10.6. The molecule has 1 rings (SSSR count). The van der Waals surface area contributed by atoms with E-state index in [4.69, 9.17) is 5.11 Å². The van der Waals surface area contributed by atoms with Crippen molar-refractivity contribution in [3.8, 4) is 0 Å². The fourth-order valence-corrected chi connectivity index (χ4v) is 2.96. The number of carboxylic acids is 1. The Labute approximate surface area is 99.0 Å². The highest BCUT2D eigenvalue weighted by molar-refractivity contribution is 7.92. The van der Waals surface area contributed by atoms with E-state index in [1.54, 1.807) is 0 Å². The second kappa shape index (κ2) is 4.83.